The summed E-state index contributed by atoms with van der Waals surface area (Å²) < 4.78 is 0. The lowest BCUT2D eigenvalue weighted by molar-refractivity contribution is 0.0432. The maximum absolute atomic E-state index is 9.87. The highest BCUT2D eigenvalue weighted by molar-refractivity contribution is 7.99. The fraction of sp³-hybridized carbons (Fsp3) is 0.778. The van der Waals surface area contributed by atoms with Gasteiger partial charge in [0.15, 0.2) is 0 Å². The fourth-order valence-corrected chi connectivity index (χ4v) is 2.61. The van der Waals surface area contributed by atoms with Crippen LogP contribution in [0.4, 0.5) is 0 Å². The molecule has 0 saturated carbocycles. The third-order valence-electron chi connectivity index (χ3n) is 2.29. The molecule has 0 aromatic carbocycles. The van der Waals surface area contributed by atoms with Gasteiger partial charge in [-0.05, 0) is 12.2 Å². The first-order valence-corrected chi connectivity index (χ1v) is 4.95. The van der Waals surface area contributed by atoms with Crippen LogP contribution >= 0.6 is 11.8 Å². The number of hydrogen-bond donors (Lipinski definition) is 1. The highest BCUT2D eigenvalue weighted by atomic mass is 32.2. The lowest BCUT2D eigenvalue weighted by atomic mass is 9.86. The van der Waals surface area contributed by atoms with Crippen molar-refractivity contribution < 1.29 is 5.11 Å². The van der Waals surface area contributed by atoms with Crippen molar-refractivity contribution in [1.29, 1.82) is 0 Å². The topological polar surface area (TPSA) is 20.2 Å². The third kappa shape index (κ3) is 1.72. The molecular formula is C9H14OS. The Balaban J connectivity index is 2.70. The number of rotatable bonds is 0. The van der Waals surface area contributed by atoms with Gasteiger partial charge in [0.2, 0.25) is 0 Å². The van der Waals surface area contributed by atoms with Gasteiger partial charge in [0.05, 0.1) is 0 Å². The fourth-order valence-electron chi connectivity index (χ4n) is 1.35. The Morgan fingerprint density at radius 1 is 1.64 bits per heavy atom. The molecule has 2 heteroatoms. The van der Waals surface area contributed by atoms with Crippen molar-refractivity contribution in [3.05, 3.63) is 0 Å². The van der Waals surface area contributed by atoms with Gasteiger partial charge in [-0.1, -0.05) is 19.8 Å². The van der Waals surface area contributed by atoms with Crippen LogP contribution in [-0.2, 0) is 0 Å². The molecule has 62 valence electrons. The smallest absolute Gasteiger partial charge is 0.129 e. The van der Waals surface area contributed by atoms with Crippen LogP contribution in [0.15, 0.2) is 0 Å². The lowest BCUT2D eigenvalue weighted by Gasteiger charge is -2.36. The Kier molecular flexibility index (Phi) is 2.51. The summed E-state index contributed by atoms with van der Waals surface area (Å²) in [6, 6.07) is 0. The largest absolute Gasteiger partial charge is 0.377 e. The highest BCUT2D eigenvalue weighted by Crippen LogP contribution is 2.36. The van der Waals surface area contributed by atoms with E-state index in [9.17, 15) is 5.11 Å². The summed E-state index contributed by atoms with van der Waals surface area (Å²) in [5, 5.41) is 10.4. The summed E-state index contributed by atoms with van der Waals surface area (Å²) in [5.74, 6) is 3.71. The van der Waals surface area contributed by atoms with Gasteiger partial charge in [-0.2, -0.15) is 11.8 Å². The molecule has 0 radical (unpaired) electrons. The van der Waals surface area contributed by atoms with Crippen LogP contribution in [0.1, 0.15) is 20.3 Å². The Morgan fingerprint density at radius 3 is 2.73 bits per heavy atom. The first-order chi connectivity index (χ1) is 5.08. The summed E-state index contributed by atoms with van der Waals surface area (Å²) in [6.07, 6.45) is 6.01. The van der Waals surface area contributed by atoms with E-state index >= 15 is 0 Å². The molecule has 0 amide bonds. The minimum Gasteiger partial charge on any atom is -0.377 e. The van der Waals surface area contributed by atoms with Crippen LogP contribution in [0, 0.1) is 18.3 Å². The second-order valence-corrected chi connectivity index (χ2v) is 4.79. The number of aliphatic hydroxyl groups is 1. The molecule has 3 atom stereocenters. The van der Waals surface area contributed by atoms with E-state index in [0.29, 0.717) is 5.25 Å². The van der Waals surface area contributed by atoms with Gasteiger partial charge in [-0.15, -0.1) is 6.42 Å². The van der Waals surface area contributed by atoms with Crippen LogP contribution in [0.5, 0.6) is 0 Å². The van der Waals surface area contributed by atoms with E-state index in [-0.39, 0.29) is 5.92 Å². The Hall–Kier alpha value is -0.130. The molecule has 1 nitrogen and oxygen atoms in total. The first-order valence-electron chi connectivity index (χ1n) is 3.90. The van der Waals surface area contributed by atoms with Crippen molar-refractivity contribution in [2.24, 2.45) is 5.92 Å². The summed E-state index contributed by atoms with van der Waals surface area (Å²) in [4.78, 5) is 0. The maximum Gasteiger partial charge on any atom is 0.129 e. The van der Waals surface area contributed by atoms with E-state index in [1.165, 1.54) is 0 Å². The van der Waals surface area contributed by atoms with E-state index in [4.69, 9.17) is 6.42 Å². The summed E-state index contributed by atoms with van der Waals surface area (Å²) in [7, 11) is 0. The average molecular weight is 170 g/mol. The van der Waals surface area contributed by atoms with Crippen LogP contribution in [-0.4, -0.2) is 21.7 Å². The van der Waals surface area contributed by atoms with Gasteiger partial charge in [-0.25, -0.2) is 0 Å². The maximum atomic E-state index is 9.87. The van der Waals surface area contributed by atoms with Gasteiger partial charge < -0.3 is 5.11 Å². The number of hydrogen-bond acceptors (Lipinski definition) is 2. The molecule has 0 aliphatic carbocycles. The van der Waals surface area contributed by atoms with Crippen molar-refractivity contribution in [2.75, 3.05) is 5.75 Å². The molecule has 1 rings (SSSR count). The molecule has 0 aromatic heterocycles. The number of thioether (sulfide) groups is 1. The van der Waals surface area contributed by atoms with Crippen molar-refractivity contribution in [3.63, 3.8) is 0 Å². The molecule has 1 N–H and O–H groups in total. The Labute approximate surface area is 72.6 Å². The minimum atomic E-state index is -0.843. The zero-order valence-corrected chi connectivity index (χ0v) is 7.82. The highest BCUT2D eigenvalue weighted by Gasteiger charge is 2.37. The molecule has 1 unspecified atom stereocenters. The Bertz CT molecular complexity index is 184. The molecule has 0 bridgehead atoms. The van der Waals surface area contributed by atoms with Crippen LogP contribution in [0.3, 0.4) is 0 Å². The molecule has 11 heavy (non-hydrogen) atoms. The summed E-state index contributed by atoms with van der Waals surface area (Å²) >= 11 is 1.89. The SMILES string of the molecule is C#CC1(O)C[C@H](C)SC[C@H]1C. The molecule has 0 aromatic rings. The van der Waals surface area contributed by atoms with E-state index in [1.807, 2.05) is 18.7 Å². The zero-order chi connectivity index (χ0) is 8.48. The van der Waals surface area contributed by atoms with E-state index < -0.39 is 5.60 Å². The van der Waals surface area contributed by atoms with Crippen molar-refractivity contribution in [1.82, 2.24) is 0 Å². The zero-order valence-electron chi connectivity index (χ0n) is 7.00. The standard InChI is InChI=1S/C9H14OS/c1-4-9(10)5-8(3)11-6-7(9)2/h1,7-8,10H,5-6H2,2-3H3/t7-,8+,9?/m1/s1. The van der Waals surface area contributed by atoms with Crippen LogP contribution in [0.2, 0.25) is 0 Å². The molecule has 0 spiro atoms. The van der Waals surface area contributed by atoms with Crippen molar-refractivity contribution in [3.8, 4) is 12.3 Å². The average Bonchev–Trinajstić information content (AvgIpc) is 1.98. The molecule has 1 saturated heterocycles. The Morgan fingerprint density at radius 2 is 2.27 bits per heavy atom. The van der Waals surface area contributed by atoms with E-state index in [2.05, 4.69) is 12.8 Å². The second kappa shape index (κ2) is 3.08. The van der Waals surface area contributed by atoms with Gasteiger partial charge >= 0.3 is 0 Å². The van der Waals surface area contributed by atoms with Crippen LogP contribution in [0.25, 0.3) is 0 Å². The van der Waals surface area contributed by atoms with Crippen LogP contribution < -0.4 is 0 Å². The minimum absolute atomic E-state index is 0.230. The predicted molar refractivity (Wildman–Crippen MR) is 49.5 cm³/mol. The third-order valence-corrected chi connectivity index (χ3v) is 3.72. The van der Waals surface area contributed by atoms with Gasteiger partial charge in [0.25, 0.3) is 0 Å². The quantitative estimate of drug-likeness (QED) is 0.556. The molecular weight excluding hydrogens is 156 g/mol. The van der Waals surface area contributed by atoms with Gasteiger partial charge in [0.1, 0.15) is 5.60 Å². The van der Waals surface area contributed by atoms with Gasteiger partial charge in [-0.3, -0.25) is 0 Å². The summed E-state index contributed by atoms with van der Waals surface area (Å²) in [6.45, 7) is 4.12. The second-order valence-electron chi connectivity index (χ2n) is 3.32. The predicted octanol–water partition coefficient (Wildman–Crippen LogP) is 1.51. The first kappa shape index (κ1) is 8.96. The van der Waals surface area contributed by atoms with Gasteiger partial charge in [0, 0.05) is 11.2 Å². The molecule has 1 aliphatic heterocycles. The monoisotopic (exact) mass is 170 g/mol. The van der Waals surface area contributed by atoms with Crippen molar-refractivity contribution >= 4 is 11.8 Å². The number of terminal acetylenes is 1. The molecule has 1 fully saturated rings. The molecule has 1 aliphatic rings. The lowest BCUT2D eigenvalue weighted by Crippen LogP contribution is -2.42. The molecule has 1 heterocycles. The summed E-state index contributed by atoms with van der Waals surface area (Å²) in [5.41, 5.74) is -0.843. The van der Waals surface area contributed by atoms with E-state index in [1.54, 1.807) is 0 Å². The van der Waals surface area contributed by atoms with E-state index in [0.717, 1.165) is 12.2 Å². The normalized spacial score (nSPS) is 44.9. The van der Waals surface area contributed by atoms with Crippen molar-refractivity contribution in [2.45, 2.75) is 31.1 Å².